The van der Waals surface area contributed by atoms with Crippen LogP contribution < -0.4 is 10.5 Å². The highest BCUT2D eigenvalue weighted by Gasteiger charge is 2.56. The molecule has 0 saturated carbocycles. The predicted octanol–water partition coefficient (Wildman–Crippen LogP) is 3.17. The Labute approximate surface area is 171 Å². The van der Waals surface area contributed by atoms with Crippen LogP contribution in [-0.2, 0) is 24.3 Å². The minimum Gasteiger partial charge on any atom is -0.379 e. The number of para-hydroxylation sites is 1. The number of nitrogens with zero attached hydrogens (tertiary/aromatic N) is 3. The molecule has 0 saturated heterocycles. The zero-order valence-electron chi connectivity index (χ0n) is 15.8. The van der Waals surface area contributed by atoms with Gasteiger partial charge in [-0.2, -0.15) is 22.0 Å². The molecule has 11 heteroatoms. The quantitative estimate of drug-likeness (QED) is 0.637. The maximum Gasteiger partial charge on any atom is 0.418 e. The van der Waals surface area contributed by atoms with Gasteiger partial charge in [-0.25, -0.2) is 4.98 Å². The Balaban J connectivity index is 1.85. The van der Waals surface area contributed by atoms with Crippen LogP contribution in [0.4, 0.5) is 27.6 Å². The minimum atomic E-state index is -5.20. The monoisotopic (exact) mass is 439 g/mol. The normalized spacial score (nSPS) is 16.6. The van der Waals surface area contributed by atoms with E-state index in [0.29, 0.717) is 11.0 Å². The van der Waals surface area contributed by atoms with Crippen LogP contribution in [0.3, 0.4) is 0 Å². The number of aliphatic hydroxyl groups is 1. The Morgan fingerprint density at radius 1 is 1.10 bits per heavy atom. The van der Waals surface area contributed by atoms with Crippen LogP contribution in [0.1, 0.15) is 23.1 Å². The van der Waals surface area contributed by atoms with Crippen molar-refractivity contribution in [1.82, 2.24) is 9.55 Å². The number of hydrogen-bond donors (Lipinski definition) is 1. The highest BCUT2D eigenvalue weighted by molar-refractivity contribution is 6.06. The lowest BCUT2D eigenvalue weighted by Gasteiger charge is -2.20. The maximum atomic E-state index is 14.8. The fourth-order valence-corrected chi connectivity index (χ4v) is 3.62. The summed E-state index contributed by atoms with van der Waals surface area (Å²) in [5.41, 5.74) is -3.00. The lowest BCUT2D eigenvalue weighted by atomic mass is 9.97. The van der Waals surface area contributed by atoms with Gasteiger partial charge in [0.15, 0.2) is 6.10 Å². The first-order valence-corrected chi connectivity index (χ1v) is 8.97. The number of carbonyl (C=O) groups excluding carboxylic acids is 1. The number of benzene rings is 2. The first kappa shape index (κ1) is 20.9. The first-order valence-electron chi connectivity index (χ1n) is 8.97. The van der Waals surface area contributed by atoms with Gasteiger partial charge in [0.1, 0.15) is 5.82 Å². The number of rotatable bonds is 3. The molecule has 1 amide bonds. The van der Waals surface area contributed by atoms with Crippen LogP contribution in [0.25, 0.3) is 10.9 Å². The van der Waals surface area contributed by atoms with Crippen molar-refractivity contribution >= 4 is 22.5 Å². The standard InChI is InChI=1S/C20H14F5N3O3/c1-27-14(26-12-7-3-2-5-10(12)17(27)30)9-28-13-8-4-6-11(16(29)20(23,24)25)15(13)19(21,22)18(28)31/h2-8,16,29H,9H2,1H3/t16-/m1/s1. The molecule has 3 aromatic rings. The summed E-state index contributed by atoms with van der Waals surface area (Å²) in [4.78, 5) is 29.8. The summed E-state index contributed by atoms with van der Waals surface area (Å²) in [7, 11) is 1.35. The maximum absolute atomic E-state index is 14.8. The number of alkyl halides is 5. The van der Waals surface area contributed by atoms with E-state index in [-0.39, 0.29) is 16.7 Å². The number of anilines is 1. The summed E-state index contributed by atoms with van der Waals surface area (Å²) in [5, 5.41) is 9.85. The van der Waals surface area contributed by atoms with Crippen molar-refractivity contribution in [3.05, 3.63) is 69.8 Å². The number of aliphatic hydroxyl groups excluding tert-OH is 1. The van der Waals surface area contributed by atoms with Gasteiger partial charge in [0.2, 0.25) is 0 Å². The van der Waals surface area contributed by atoms with Crippen molar-refractivity contribution in [2.75, 3.05) is 4.90 Å². The van der Waals surface area contributed by atoms with Crippen LogP contribution >= 0.6 is 0 Å². The van der Waals surface area contributed by atoms with E-state index in [1.54, 1.807) is 12.1 Å². The summed E-state index contributed by atoms with van der Waals surface area (Å²) in [5.74, 6) is -6.11. The zero-order chi connectivity index (χ0) is 22.7. The molecule has 6 nitrogen and oxygen atoms in total. The van der Waals surface area contributed by atoms with Gasteiger partial charge in [0, 0.05) is 12.6 Å². The molecule has 1 N–H and O–H groups in total. The van der Waals surface area contributed by atoms with Gasteiger partial charge in [-0.15, -0.1) is 0 Å². The Kier molecular flexibility index (Phi) is 4.61. The fraction of sp³-hybridized carbons (Fsp3) is 0.250. The molecule has 0 spiro atoms. The van der Waals surface area contributed by atoms with Gasteiger partial charge >= 0.3 is 18.0 Å². The van der Waals surface area contributed by atoms with E-state index in [1.165, 1.54) is 19.2 Å². The average molecular weight is 439 g/mol. The molecule has 0 aliphatic carbocycles. The highest BCUT2D eigenvalue weighted by Crippen LogP contribution is 2.49. The van der Waals surface area contributed by atoms with Gasteiger partial charge in [-0.05, 0) is 18.2 Å². The van der Waals surface area contributed by atoms with E-state index in [0.717, 1.165) is 16.7 Å². The molecule has 31 heavy (non-hydrogen) atoms. The van der Waals surface area contributed by atoms with Gasteiger partial charge in [-0.3, -0.25) is 19.1 Å². The molecule has 0 fully saturated rings. The van der Waals surface area contributed by atoms with Crippen molar-refractivity contribution < 1.29 is 31.9 Å². The third-order valence-electron chi connectivity index (χ3n) is 5.17. The Morgan fingerprint density at radius 3 is 2.45 bits per heavy atom. The molecule has 0 bridgehead atoms. The Hall–Kier alpha value is -3.34. The molecule has 1 atom stereocenters. The van der Waals surface area contributed by atoms with E-state index in [1.807, 2.05) is 0 Å². The van der Waals surface area contributed by atoms with Gasteiger partial charge in [0.25, 0.3) is 5.56 Å². The van der Waals surface area contributed by atoms with E-state index in [9.17, 15) is 36.6 Å². The first-order chi connectivity index (χ1) is 14.4. The number of aromatic nitrogens is 2. The number of fused-ring (bicyclic) bond motifs is 2. The lowest BCUT2D eigenvalue weighted by molar-refractivity contribution is -0.207. The third-order valence-corrected chi connectivity index (χ3v) is 5.17. The fourth-order valence-electron chi connectivity index (χ4n) is 3.62. The SMILES string of the molecule is Cn1c(CN2C(=O)C(F)(F)c3c([C@@H](O)C(F)(F)F)cccc32)nc2ccccc2c1=O. The van der Waals surface area contributed by atoms with Crippen molar-refractivity contribution in [3.63, 3.8) is 0 Å². The topological polar surface area (TPSA) is 75.4 Å². The Bertz CT molecular complexity index is 1270. The smallest absolute Gasteiger partial charge is 0.379 e. The van der Waals surface area contributed by atoms with Crippen LogP contribution in [-0.4, -0.2) is 26.7 Å². The van der Waals surface area contributed by atoms with Crippen molar-refractivity contribution in [2.24, 2.45) is 7.05 Å². The number of carbonyl (C=O) groups is 1. The number of amides is 1. The second-order valence-corrected chi connectivity index (χ2v) is 7.06. The summed E-state index contributed by atoms with van der Waals surface area (Å²) in [6.45, 7) is -0.580. The molecule has 1 aromatic heterocycles. The lowest BCUT2D eigenvalue weighted by Crippen LogP contribution is -2.36. The highest BCUT2D eigenvalue weighted by atomic mass is 19.4. The third kappa shape index (κ3) is 3.16. The molecule has 2 aromatic carbocycles. The molecule has 162 valence electrons. The second-order valence-electron chi connectivity index (χ2n) is 7.06. The summed E-state index contributed by atoms with van der Waals surface area (Å²) in [6, 6.07) is 9.10. The predicted molar refractivity (Wildman–Crippen MR) is 99.5 cm³/mol. The summed E-state index contributed by atoms with van der Waals surface area (Å²) >= 11 is 0. The van der Waals surface area contributed by atoms with Crippen molar-refractivity contribution in [3.8, 4) is 0 Å². The average Bonchev–Trinajstić information content (AvgIpc) is 2.91. The van der Waals surface area contributed by atoms with E-state index >= 15 is 0 Å². The summed E-state index contributed by atoms with van der Waals surface area (Å²) in [6.07, 6.45) is -8.39. The van der Waals surface area contributed by atoms with Gasteiger partial charge in [-0.1, -0.05) is 24.3 Å². The second kappa shape index (κ2) is 6.84. The molecule has 0 radical (unpaired) electrons. The van der Waals surface area contributed by atoms with E-state index < -0.39 is 53.0 Å². The molecule has 1 aliphatic rings. The zero-order valence-corrected chi connectivity index (χ0v) is 15.8. The van der Waals surface area contributed by atoms with Gasteiger partial charge < -0.3 is 5.11 Å². The largest absolute Gasteiger partial charge is 0.418 e. The van der Waals surface area contributed by atoms with Crippen molar-refractivity contribution in [1.29, 1.82) is 0 Å². The molecule has 0 unspecified atom stereocenters. The summed E-state index contributed by atoms with van der Waals surface area (Å²) < 4.78 is 69.6. The molecule has 1 aliphatic heterocycles. The molecular formula is C20H14F5N3O3. The van der Waals surface area contributed by atoms with E-state index in [4.69, 9.17) is 0 Å². The number of hydrogen-bond acceptors (Lipinski definition) is 4. The van der Waals surface area contributed by atoms with Crippen LogP contribution in [0, 0.1) is 0 Å². The van der Waals surface area contributed by atoms with Crippen LogP contribution in [0.5, 0.6) is 0 Å². The number of halogens is 5. The molecule has 4 rings (SSSR count). The minimum absolute atomic E-state index is 0.0394. The van der Waals surface area contributed by atoms with Crippen LogP contribution in [0.15, 0.2) is 47.3 Å². The molecule has 2 heterocycles. The van der Waals surface area contributed by atoms with E-state index in [2.05, 4.69) is 4.98 Å². The molecular weight excluding hydrogens is 425 g/mol. The van der Waals surface area contributed by atoms with Crippen molar-refractivity contribution in [2.45, 2.75) is 24.7 Å². The van der Waals surface area contributed by atoms with Crippen LogP contribution in [0.2, 0.25) is 0 Å². The van der Waals surface area contributed by atoms with Gasteiger partial charge in [0.05, 0.1) is 28.7 Å². The Morgan fingerprint density at radius 2 is 1.77 bits per heavy atom.